The van der Waals surface area contributed by atoms with Crippen LogP contribution in [0.3, 0.4) is 0 Å². The SMILES string of the molecule is Cc1ccc(N2CCC(NC(=O)c3ccc(C#N)cc3)C2=O)cc1. The Morgan fingerprint density at radius 1 is 1.17 bits per heavy atom. The molecule has 3 rings (SSSR count). The van der Waals surface area contributed by atoms with Gasteiger partial charge in [0, 0.05) is 17.8 Å². The summed E-state index contributed by atoms with van der Waals surface area (Å²) in [6.45, 7) is 2.58. The van der Waals surface area contributed by atoms with Crippen LogP contribution in [0.4, 0.5) is 5.69 Å². The van der Waals surface area contributed by atoms with Crippen molar-refractivity contribution in [1.29, 1.82) is 5.26 Å². The molecule has 2 aromatic rings. The summed E-state index contributed by atoms with van der Waals surface area (Å²) in [7, 11) is 0. The third-order valence-electron chi connectivity index (χ3n) is 4.13. The Morgan fingerprint density at radius 3 is 2.46 bits per heavy atom. The lowest BCUT2D eigenvalue weighted by Crippen LogP contribution is -2.41. The Labute approximate surface area is 140 Å². The van der Waals surface area contributed by atoms with Crippen LogP contribution in [0.1, 0.15) is 27.9 Å². The van der Waals surface area contributed by atoms with E-state index in [0.29, 0.717) is 24.1 Å². The summed E-state index contributed by atoms with van der Waals surface area (Å²) in [6.07, 6.45) is 0.578. The molecule has 24 heavy (non-hydrogen) atoms. The molecule has 5 heteroatoms. The number of carbonyl (C=O) groups is 2. The third kappa shape index (κ3) is 3.13. The molecule has 2 aromatic carbocycles. The van der Waals surface area contributed by atoms with Gasteiger partial charge in [0.25, 0.3) is 5.91 Å². The average molecular weight is 319 g/mol. The zero-order valence-electron chi connectivity index (χ0n) is 13.3. The Kier molecular flexibility index (Phi) is 4.30. The highest BCUT2D eigenvalue weighted by Crippen LogP contribution is 2.22. The van der Waals surface area contributed by atoms with E-state index in [2.05, 4.69) is 5.32 Å². The molecule has 0 radical (unpaired) electrons. The fraction of sp³-hybridized carbons (Fsp3) is 0.211. The van der Waals surface area contributed by atoms with Crippen molar-refractivity contribution in [2.75, 3.05) is 11.4 Å². The van der Waals surface area contributed by atoms with Crippen molar-refractivity contribution in [1.82, 2.24) is 5.32 Å². The molecule has 0 aromatic heterocycles. The maximum Gasteiger partial charge on any atom is 0.251 e. The van der Waals surface area contributed by atoms with Crippen molar-refractivity contribution in [3.05, 3.63) is 65.2 Å². The molecular formula is C19H17N3O2. The molecule has 0 aliphatic carbocycles. The highest BCUT2D eigenvalue weighted by molar-refractivity contribution is 6.03. The largest absolute Gasteiger partial charge is 0.340 e. The summed E-state index contributed by atoms with van der Waals surface area (Å²) in [5, 5.41) is 11.6. The Balaban J connectivity index is 1.68. The number of nitrogens with one attached hydrogen (secondary N) is 1. The van der Waals surface area contributed by atoms with Crippen LogP contribution >= 0.6 is 0 Å². The number of hydrogen-bond donors (Lipinski definition) is 1. The topological polar surface area (TPSA) is 73.2 Å². The molecule has 0 spiro atoms. The molecular weight excluding hydrogens is 302 g/mol. The number of anilines is 1. The molecule has 5 nitrogen and oxygen atoms in total. The Bertz CT molecular complexity index is 804. The second kappa shape index (κ2) is 6.55. The van der Waals surface area contributed by atoms with Crippen LogP contribution in [0.5, 0.6) is 0 Å². The van der Waals surface area contributed by atoms with Gasteiger partial charge in [-0.15, -0.1) is 0 Å². The van der Waals surface area contributed by atoms with Gasteiger partial charge in [-0.2, -0.15) is 5.26 Å². The van der Waals surface area contributed by atoms with Crippen molar-refractivity contribution in [3.8, 4) is 6.07 Å². The molecule has 1 atom stereocenters. The summed E-state index contributed by atoms with van der Waals surface area (Å²) in [6, 6.07) is 15.6. The van der Waals surface area contributed by atoms with Gasteiger partial charge in [-0.25, -0.2) is 0 Å². The van der Waals surface area contributed by atoms with E-state index in [1.54, 1.807) is 29.2 Å². The molecule has 1 unspecified atom stereocenters. The monoisotopic (exact) mass is 319 g/mol. The van der Waals surface area contributed by atoms with Crippen LogP contribution in [0.15, 0.2) is 48.5 Å². The molecule has 1 saturated heterocycles. The molecule has 0 saturated carbocycles. The quantitative estimate of drug-likeness (QED) is 0.944. The maximum absolute atomic E-state index is 12.5. The van der Waals surface area contributed by atoms with Gasteiger partial charge in [0.1, 0.15) is 6.04 Å². The average Bonchev–Trinajstić information content (AvgIpc) is 2.96. The second-order valence-corrected chi connectivity index (χ2v) is 5.83. The van der Waals surface area contributed by atoms with Gasteiger partial charge in [0.05, 0.1) is 11.6 Å². The third-order valence-corrected chi connectivity index (χ3v) is 4.13. The van der Waals surface area contributed by atoms with E-state index in [9.17, 15) is 9.59 Å². The van der Waals surface area contributed by atoms with Crippen molar-refractivity contribution < 1.29 is 9.59 Å². The fourth-order valence-corrected chi connectivity index (χ4v) is 2.73. The van der Waals surface area contributed by atoms with E-state index < -0.39 is 6.04 Å². The molecule has 0 bridgehead atoms. The van der Waals surface area contributed by atoms with Crippen LogP contribution < -0.4 is 10.2 Å². The van der Waals surface area contributed by atoms with Crippen molar-refractivity contribution in [2.45, 2.75) is 19.4 Å². The number of nitriles is 1. The minimum absolute atomic E-state index is 0.0964. The van der Waals surface area contributed by atoms with E-state index in [1.807, 2.05) is 37.3 Å². The first kappa shape index (κ1) is 15.8. The van der Waals surface area contributed by atoms with E-state index in [1.165, 1.54) is 0 Å². The zero-order valence-corrected chi connectivity index (χ0v) is 13.3. The molecule has 1 fully saturated rings. The Morgan fingerprint density at radius 2 is 1.83 bits per heavy atom. The molecule has 120 valence electrons. The van der Waals surface area contributed by atoms with Gasteiger partial charge < -0.3 is 10.2 Å². The number of carbonyl (C=O) groups excluding carboxylic acids is 2. The highest BCUT2D eigenvalue weighted by Gasteiger charge is 2.33. The number of hydrogen-bond acceptors (Lipinski definition) is 3. The zero-order chi connectivity index (χ0) is 17.1. The number of rotatable bonds is 3. The predicted octanol–water partition coefficient (Wildman–Crippen LogP) is 2.40. The molecule has 1 N–H and O–H groups in total. The molecule has 1 aliphatic rings. The van der Waals surface area contributed by atoms with Crippen LogP contribution in [0, 0.1) is 18.3 Å². The van der Waals surface area contributed by atoms with E-state index in [-0.39, 0.29) is 11.8 Å². The summed E-state index contributed by atoms with van der Waals surface area (Å²) in [5.41, 5.74) is 2.92. The van der Waals surface area contributed by atoms with Crippen LogP contribution in [-0.2, 0) is 4.79 Å². The van der Waals surface area contributed by atoms with Crippen molar-refractivity contribution in [2.24, 2.45) is 0 Å². The second-order valence-electron chi connectivity index (χ2n) is 5.83. The summed E-state index contributed by atoms with van der Waals surface area (Å²) in [5.74, 6) is -0.399. The maximum atomic E-state index is 12.5. The first-order valence-electron chi connectivity index (χ1n) is 7.77. The molecule has 1 aliphatic heterocycles. The first-order valence-corrected chi connectivity index (χ1v) is 7.77. The van der Waals surface area contributed by atoms with Gasteiger partial charge >= 0.3 is 0 Å². The van der Waals surface area contributed by atoms with Crippen molar-refractivity contribution >= 4 is 17.5 Å². The Hall–Kier alpha value is -3.13. The molecule has 2 amide bonds. The normalized spacial score (nSPS) is 16.8. The van der Waals surface area contributed by atoms with Gasteiger partial charge in [-0.3, -0.25) is 9.59 Å². The van der Waals surface area contributed by atoms with Crippen LogP contribution in [0.2, 0.25) is 0 Å². The summed E-state index contributed by atoms with van der Waals surface area (Å²) in [4.78, 5) is 26.5. The van der Waals surface area contributed by atoms with Crippen LogP contribution in [-0.4, -0.2) is 24.4 Å². The van der Waals surface area contributed by atoms with Gasteiger partial charge in [-0.05, 0) is 49.7 Å². The van der Waals surface area contributed by atoms with Gasteiger partial charge in [0.15, 0.2) is 0 Å². The lowest BCUT2D eigenvalue weighted by Gasteiger charge is -2.17. The highest BCUT2D eigenvalue weighted by atomic mass is 16.2. The smallest absolute Gasteiger partial charge is 0.251 e. The summed E-state index contributed by atoms with van der Waals surface area (Å²) < 4.78 is 0. The minimum atomic E-state index is -0.519. The van der Waals surface area contributed by atoms with E-state index >= 15 is 0 Å². The standard InChI is InChI=1S/C19H17N3O2/c1-13-2-8-16(9-3-13)22-11-10-17(19(22)24)21-18(23)15-6-4-14(12-20)5-7-15/h2-9,17H,10-11H2,1H3,(H,21,23). The minimum Gasteiger partial charge on any atom is -0.340 e. The first-order chi connectivity index (χ1) is 11.6. The lowest BCUT2D eigenvalue weighted by molar-refractivity contribution is -0.118. The molecule has 1 heterocycles. The summed E-state index contributed by atoms with van der Waals surface area (Å²) >= 11 is 0. The van der Waals surface area contributed by atoms with Gasteiger partial charge in [-0.1, -0.05) is 17.7 Å². The van der Waals surface area contributed by atoms with Crippen molar-refractivity contribution in [3.63, 3.8) is 0 Å². The number of nitrogens with zero attached hydrogens (tertiary/aromatic N) is 2. The van der Waals surface area contributed by atoms with Gasteiger partial charge in [0.2, 0.25) is 5.91 Å². The lowest BCUT2D eigenvalue weighted by atomic mass is 10.1. The number of aryl methyl sites for hydroxylation is 1. The number of benzene rings is 2. The van der Waals surface area contributed by atoms with E-state index in [0.717, 1.165) is 11.3 Å². The van der Waals surface area contributed by atoms with Crippen LogP contribution in [0.25, 0.3) is 0 Å². The van der Waals surface area contributed by atoms with E-state index in [4.69, 9.17) is 5.26 Å². The number of amides is 2. The predicted molar refractivity (Wildman–Crippen MR) is 90.6 cm³/mol. The fourth-order valence-electron chi connectivity index (χ4n) is 2.73.